The van der Waals surface area contributed by atoms with Crippen molar-refractivity contribution < 1.29 is 9.53 Å². The Bertz CT molecular complexity index is 736. The number of nitrogen functional groups attached to an aromatic ring is 1. The lowest BCUT2D eigenvalue weighted by molar-refractivity contribution is -0.0245. The van der Waals surface area contributed by atoms with Gasteiger partial charge in [-0.15, -0.1) is 0 Å². The van der Waals surface area contributed by atoms with Gasteiger partial charge in [-0.05, 0) is 13.8 Å². The zero-order valence-corrected chi connectivity index (χ0v) is 13.1. The number of hydrogen-bond donors (Lipinski definition) is 1. The van der Waals surface area contributed by atoms with Crippen LogP contribution in [0, 0.1) is 13.8 Å². The van der Waals surface area contributed by atoms with Crippen LogP contribution in [0.15, 0.2) is 18.6 Å². The second-order valence-electron chi connectivity index (χ2n) is 5.35. The predicted octanol–water partition coefficient (Wildman–Crippen LogP) is 0.679. The summed E-state index contributed by atoms with van der Waals surface area (Å²) in [5.74, 6) is 0.853. The molecular weight excluding hydrogens is 296 g/mol. The van der Waals surface area contributed by atoms with E-state index in [2.05, 4.69) is 19.9 Å². The van der Waals surface area contributed by atoms with Gasteiger partial charge in [0.15, 0.2) is 0 Å². The summed E-state index contributed by atoms with van der Waals surface area (Å²) in [7, 11) is 0. The van der Waals surface area contributed by atoms with Crippen LogP contribution in [0.5, 0.6) is 0 Å². The molecular formula is C15H18N6O2. The number of morpholine rings is 1. The van der Waals surface area contributed by atoms with Crippen LogP contribution in [-0.4, -0.2) is 50.4 Å². The molecule has 1 saturated heterocycles. The predicted molar refractivity (Wildman–Crippen MR) is 82.5 cm³/mol. The number of rotatable bonds is 2. The van der Waals surface area contributed by atoms with Gasteiger partial charge in [-0.3, -0.25) is 9.78 Å². The van der Waals surface area contributed by atoms with Gasteiger partial charge in [0, 0.05) is 25.1 Å². The van der Waals surface area contributed by atoms with Crippen molar-refractivity contribution in [3.05, 3.63) is 41.4 Å². The topological polar surface area (TPSA) is 107 Å². The number of ether oxygens (including phenoxy) is 1. The van der Waals surface area contributed by atoms with Gasteiger partial charge in [0.25, 0.3) is 5.91 Å². The third-order valence-corrected chi connectivity index (χ3v) is 3.75. The number of hydrogen-bond acceptors (Lipinski definition) is 7. The molecule has 8 nitrogen and oxygen atoms in total. The van der Waals surface area contributed by atoms with Crippen LogP contribution in [0.4, 0.5) is 5.82 Å². The molecule has 0 aromatic carbocycles. The molecule has 2 aromatic heterocycles. The number of carbonyl (C=O) groups excluding carboxylic acids is 1. The maximum Gasteiger partial charge on any atom is 0.257 e. The molecule has 0 spiro atoms. The summed E-state index contributed by atoms with van der Waals surface area (Å²) in [6, 6.07) is 0. The number of carbonyl (C=O) groups is 1. The number of nitrogens with zero attached hydrogens (tertiary/aromatic N) is 5. The first kappa shape index (κ1) is 15.3. The molecule has 8 heteroatoms. The largest absolute Gasteiger partial charge is 0.382 e. The van der Waals surface area contributed by atoms with Gasteiger partial charge in [-0.1, -0.05) is 0 Å². The molecule has 23 heavy (non-hydrogen) atoms. The highest BCUT2D eigenvalue weighted by molar-refractivity contribution is 5.95. The van der Waals surface area contributed by atoms with Crippen molar-refractivity contribution in [3.63, 3.8) is 0 Å². The third-order valence-electron chi connectivity index (χ3n) is 3.75. The summed E-state index contributed by atoms with van der Waals surface area (Å²) in [6.07, 6.45) is 4.28. The molecule has 0 unspecified atom stereocenters. The molecule has 0 radical (unpaired) electrons. The van der Waals surface area contributed by atoms with Crippen molar-refractivity contribution in [1.29, 1.82) is 0 Å². The van der Waals surface area contributed by atoms with Crippen molar-refractivity contribution in [2.75, 3.05) is 25.4 Å². The van der Waals surface area contributed by atoms with E-state index in [0.29, 0.717) is 48.3 Å². The summed E-state index contributed by atoms with van der Waals surface area (Å²) in [6.45, 7) is 4.89. The fraction of sp³-hybridized carbons (Fsp3) is 0.400. The molecule has 3 rings (SSSR count). The van der Waals surface area contributed by atoms with Crippen molar-refractivity contribution >= 4 is 11.7 Å². The first-order valence-corrected chi connectivity index (χ1v) is 7.33. The van der Waals surface area contributed by atoms with Crippen molar-refractivity contribution in [1.82, 2.24) is 24.8 Å². The molecule has 2 aromatic rings. The van der Waals surface area contributed by atoms with Crippen LogP contribution in [0.25, 0.3) is 0 Å². The maximum absolute atomic E-state index is 12.7. The SMILES string of the molecule is Cc1ncc(C(=O)N2CCO[C@@H](c3nccnc3N)C2)c(C)n1. The van der Waals surface area contributed by atoms with Gasteiger partial charge in [-0.25, -0.2) is 15.0 Å². The molecule has 0 bridgehead atoms. The van der Waals surface area contributed by atoms with Crippen molar-refractivity contribution in [3.8, 4) is 0 Å². The second-order valence-corrected chi connectivity index (χ2v) is 5.35. The summed E-state index contributed by atoms with van der Waals surface area (Å²) in [5.41, 5.74) is 7.58. The Hall–Kier alpha value is -2.61. The smallest absolute Gasteiger partial charge is 0.257 e. The van der Waals surface area contributed by atoms with E-state index in [0.717, 1.165) is 0 Å². The van der Waals surface area contributed by atoms with Crippen molar-refractivity contribution in [2.45, 2.75) is 20.0 Å². The quantitative estimate of drug-likeness (QED) is 0.868. The van der Waals surface area contributed by atoms with E-state index in [1.807, 2.05) is 0 Å². The molecule has 0 aliphatic carbocycles. The lowest BCUT2D eigenvalue weighted by atomic mass is 10.1. The normalized spacial score (nSPS) is 18.0. The molecule has 2 N–H and O–H groups in total. The van der Waals surface area contributed by atoms with Crippen LogP contribution in [-0.2, 0) is 4.74 Å². The first-order chi connectivity index (χ1) is 11.1. The van der Waals surface area contributed by atoms with E-state index in [9.17, 15) is 4.79 Å². The summed E-state index contributed by atoms with van der Waals surface area (Å²) in [5, 5.41) is 0. The van der Waals surface area contributed by atoms with Gasteiger partial charge in [0.1, 0.15) is 23.4 Å². The highest BCUT2D eigenvalue weighted by Crippen LogP contribution is 2.24. The standard InChI is InChI=1S/C15H18N6O2/c1-9-11(7-19-10(2)20-9)15(22)21-5-6-23-12(8-21)13-14(16)18-4-3-17-13/h3-4,7,12H,5-6,8H2,1-2H3,(H2,16,18)/t12-/m1/s1. The lowest BCUT2D eigenvalue weighted by Gasteiger charge is -2.33. The Morgan fingerprint density at radius 1 is 1.30 bits per heavy atom. The van der Waals surface area contributed by atoms with Crippen LogP contribution in [0.1, 0.15) is 33.7 Å². The third kappa shape index (κ3) is 3.11. The fourth-order valence-corrected chi connectivity index (χ4v) is 2.57. The van der Waals surface area contributed by atoms with Crippen LogP contribution >= 0.6 is 0 Å². The van der Waals surface area contributed by atoms with Crippen LogP contribution in [0.3, 0.4) is 0 Å². The molecule has 1 atom stereocenters. The Labute approximate surface area is 133 Å². The summed E-state index contributed by atoms with van der Waals surface area (Å²) < 4.78 is 5.70. The first-order valence-electron chi connectivity index (χ1n) is 7.33. The summed E-state index contributed by atoms with van der Waals surface area (Å²) in [4.78, 5) is 31.0. The molecule has 0 saturated carbocycles. The minimum absolute atomic E-state index is 0.113. The van der Waals surface area contributed by atoms with E-state index >= 15 is 0 Å². The summed E-state index contributed by atoms with van der Waals surface area (Å²) >= 11 is 0. The highest BCUT2D eigenvalue weighted by Gasteiger charge is 2.29. The Morgan fingerprint density at radius 2 is 2.09 bits per heavy atom. The van der Waals surface area contributed by atoms with Gasteiger partial charge in [0.05, 0.1) is 24.4 Å². The second kappa shape index (κ2) is 6.25. The Morgan fingerprint density at radius 3 is 2.83 bits per heavy atom. The highest BCUT2D eigenvalue weighted by atomic mass is 16.5. The molecule has 3 heterocycles. The van der Waals surface area contributed by atoms with Crippen LogP contribution < -0.4 is 5.73 Å². The molecule has 1 aliphatic rings. The van der Waals surface area contributed by atoms with E-state index in [4.69, 9.17) is 10.5 Å². The van der Waals surface area contributed by atoms with Gasteiger partial charge in [-0.2, -0.15) is 0 Å². The molecule has 1 fully saturated rings. The zero-order chi connectivity index (χ0) is 16.4. The van der Waals surface area contributed by atoms with Gasteiger partial charge >= 0.3 is 0 Å². The maximum atomic E-state index is 12.7. The van der Waals surface area contributed by atoms with Crippen molar-refractivity contribution in [2.24, 2.45) is 0 Å². The fourth-order valence-electron chi connectivity index (χ4n) is 2.57. The Balaban J connectivity index is 1.81. The van der Waals surface area contributed by atoms with E-state index < -0.39 is 0 Å². The van der Waals surface area contributed by atoms with Gasteiger partial charge < -0.3 is 15.4 Å². The van der Waals surface area contributed by atoms with E-state index in [1.54, 1.807) is 31.1 Å². The molecule has 1 aliphatic heterocycles. The monoisotopic (exact) mass is 314 g/mol. The number of anilines is 1. The molecule has 1 amide bonds. The average Bonchev–Trinajstić information content (AvgIpc) is 2.55. The average molecular weight is 314 g/mol. The van der Waals surface area contributed by atoms with Gasteiger partial charge in [0.2, 0.25) is 0 Å². The number of amides is 1. The zero-order valence-electron chi connectivity index (χ0n) is 13.1. The van der Waals surface area contributed by atoms with E-state index in [1.165, 1.54) is 6.20 Å². The van der Waals surface area contributed by atoms with E-state index in [-0.39, 0.29) is 12.0 Å². The number of nitrogens with two attached hydrogens (primary N) is 1. The Kier molecular flexibility index (Phi) is 4.16. The van der Waals surface area contributed by atoms with Crippen LogP contribution in [0.2, 0.25) is 0 Å². The lowest BCUT2D eigenvalue weighted by Crippen LogP contribution is -2.43. The minimum atomic E-state index is -0.381. The minimum Gasteiger partial charge on any atom is -0.382 e. The molecule has 120 valence electrons. The number of aromatic nitrogens is 4. The number of aryl methyl sites for hydroxylation is 2.